The number of ether oxygens (including phenoxy) is 1. The monoisotopic (exact) mass is 328 g/mol. The summed E-state index contributed by atoms with van der Waals surface area (Å²) in [5, 5.41) is 14.8. The van der Waals surface area contributed by atoms with Gasteiger partial charge in [0.05, 0.1) is 18.4 Å². The SMILES string of the molecule is CC(Oc1ccccc1)C(=O)NCc1cn(-c2ccsc2)nn1. The first-order valence-electron chi connectivity index (χ1n) is 7.15. The van der Waals surface area contributed by atoms with E-state index in [-0.39, 0.29) is 5.91 Å². The molecule has 0 fully saturated rings. The van der Waals surface area contributed by atoms with Gasteiger partial charge in [0.25, 0.3) is 5.91 Å². The van der Waals surface area contributed by atoms with Crippen molar-refractivity contribution in [2.45, 2.75) is 19.6 Å². The first-order valence-corrected chi connectivity index (χ1v) is 8.10. The Balaban J connectivity index is 1.52. The fourth-order valence-electron chi connectivity index (χ4n) is 1.97. The van der Waals surface area contributed by atoms with E-state index in [1.807, 2.05) is 47.2 Å². The number of amides is 1. The summed E-state index contributed by atoms with van der Waals surface area (Å²) in [5.41, 5.74) is 1.65. The van der Waals surface area contributed by atoms with Crippen molar-refractivity contribution in [1.29, 1.82) is 0 Å². The van der Waals surface area contributed by atoms with Gasteiger partial charge in [-0.25, -0.2) is 4.68 Å². The van der Waals surface area contributed by atoms with Crippen LogP contribution in [0, 0.1) is 0 Å². The molecule has 1 unspecified atom stereocenters. The molecule has 118 valence electrons. The van der Waals surface area contributed by atoms with Gasteiger partial charge in [0.2, 0.25) is 0 Å². The van der Waals surface area contributed by atoms with Gasteiger partial charge in [0.15, 0.2) is 6.10 Å². The molecule has 3 aromatic rings. The van der Waals surface area contributed by atoms with E-state index in [4.69, 9.17) is 4.74 Å². The number of carbonyl (C=O) groups is 1. The molecule has 1 aromatic carbocycles. The second-order valence-corrected chi connectivity index (χ2v) is 5.71. The molecule has 1 atom stereocenters. The lowest BCUT2D eigenvalue weighted by Crippen LogP contribution is -2.35. The van der Waals surface area contributed by atoms with Crippen molar-refractivity contribution in [3.05, 3.63) is 59.0 Å². The number of aromatic nitrogens is 3. The number of hydrogen-bond donors (Lipinski definition) is 1. The molecule has 0 aliphatic rings. The molecule has 1 amide bonds. The van der Waals surface area contributed by atoms with E-state index in [9.17, 15) is 4.79 Å². The largest absolute Gasteiger partial charge is 0.481 e. The molecular weight excluding hydrogens is 312 g/mol. The highest BCUT2D eigenvalue weighted by Crippen LogP contribution is 2.12. The van der Waals surface area contributed by atoms with Crippen LogP contribution in [0.4, 0.5) is 0 Å². The average molecular weight is 328 g/mol. The molecular formula is C16H16N4O2S. The molecule has 3 rings (SSSR count). The number of nitrogens with one attached hydrogen (secondary N) is 1. The molecule has 0 radical (unpaired) electrons. The molecule has 0 bridgehead atoms. The molecule has 0 saturated heterocycles. The Kier molecular flexibility index (Phi) is 4.68. The fraction of sp³-hybridized carbons (Fsp3) is 0.188. The zero-order chi connectivity index (χ0) is 16.1. The van der Waals surface area contributed by atoms with Crippen LogP contribution in [0.2, 0.25) is 0 Å². The zero-order valence-electron chi connectivity index (χ0n) is 12.5. The zero-order valence-corrected chi connectivity index (χ0v) is 13.4. The van der Waals surface area contributed by atoms with Crippen molar-refractivity contribution in [3.8, 4) is 11.4 Å². The standard InChI is InChI=1S/C16H16N4O2S/c1-12(22-15-5-3-2-4-6-15)16(21)17-9-13-10-20(19-18-13)14-7-8-23-11-14/h2-8,10-12H,9H2,1H3,(H,17,21). The van der Waals surface area contributed by atoms with Gasteiger partial charge in [-0.2, -0.15) is 11.3 Å². The van der Waals surface area contributed by atoms with Crippen LogP contribution in [0.1, 0.15) is 12.6 Å². The van der Waals surface area contributed by atoms with Crippen molar-refractivity contribution in [2.75, 3.05) is 0 Å². The van der Waals surface area contributed by atoms with E-state index in [2.05, 4.69) is 15.6 Å². The number of benzene rings is 1. The molecule has 23 heavy (non-hydrogen) atoms. The van der Waals surface area contributed by atoms with E-state index in [1.54, 1.807) is 29.1 Å². The van der Waals surface area contributed by atoms with E-state index >= 15 is 0 Å². The smallest absolute Gasteiger partial charge is 0.261 e. The Hall–Kier alpha value is -2.67. The molecule has 6 nitrogen and oxygen atoms in total. The Morgan fingerprint density at radius 1 is 1.35 bits per heavy atom. The quantitative estimate of drug-likeness (QED) is 0.754. The topological polar surface area (TPSA) is 69.0 Å². The summed E-state index contributed by atoms with van der Waals surface area (Å²) in [6.45, 7) is 2.02. The maximum absolute atomic E-state index is 12.1. The van der Waals surface area contributed by atoms with Gasteiger partial charge in [0, 0.05) is 5.38 Å². The van der Waals surface area contributed by atoms with Crippen LogP contribution < -0.4 is 10.1 Å². The highest BCUT2D eigenvalue weighted by Gasteiger charge is 2.15. The predicted octanol–water partition coefficient (Wildman–Crippen LogP) is 2.41. The van der Waals surface area contributed by atoms with Crippen molar-refractivity contribution in [1.82, 2.24) is 20.3 Å². The van der Waals surface area contributed by atoms with Gasteiger partial charge in [-0.3, -0.25) is 4.79 Å². The number of carbonyl (C=O) groups excluding carboxylic acids is 1. The van der Waals surface area contributed by atoms with Gasteiger partial charge in [-0.15, -0.1) is 5.10 Å². The van der Waals surface area contributed by atoms with Crippen LogP contribution in [0.5, 0.6) is 5.75 Å². The number of hydrogen-bond acceptors (Lipinski definition) is 5. The Bertz CT molecular complexity index is 756. The maximum Gasteiger partial charge on any atom is 0.261 e. The lowest BCUT2D eigenvalue weighted by Gasteiger charge is -2.13. The number of thiophene rings is 1. The first-order chi connectivity index (χ1) is 11.2. The lowest BCUT2D eigenvalue weighted by molar-refractivity contribution is -0.127. The van der Waals surface area contributed by atoms with Gasteiger partial charge < -0.3 is 10.1 Å². The van der Waals surface area contributed by atoms with Gasteiger partial charge in [-0.1, -0.05) is 23.4 Å². The summed E-state index contributed by atoms with van der Waals surface area (Å²) in [6, 6.07) is 11.2. The first kappa shape index (κ1) is 15.2. The summed E-state index contributed by atoms with van der Waals surface area (Å²) < 4.78 is 7.26. The molecule has 0 saturated carbocycles. The van der Waals surface area contributed by atoms with Crippen molar-refractivity contribution >= 4 is 17.2 Å². The molecule has 0 spiro atoms. The van der Waals surface area contributed by atoms with Crippen molar-refractivity contribution in [2.24, 2.45) is 0 Å². The lowest BCUT2D eigenvalue weighted by atomic mass is 10.3. The molecule has 1 N–H and O–H groups in total. The Morgan fingerprint density at radius 2 is 2.17 bits per heavy atom. The minimum atomic E-state index is -0.579. The van der Waals surface area contributed by atoms with E-state index in [1.165, 1.54) is 0 Å². The molecule has 2 aromatic heterocycles. The van der Waals surface area contributed by atoms with E-state index in [0.717, 1.165) is 5.69 Å². The van der Waals surface area contributed by atoms with Crippen LogP contribution in [0.3, 0.4) is 0 Å². The Morgan fingerprint density at radius 3 is 2.91 bits per heavy atom. The fourth-order valence-corrected chi connectivity index (χ4v) is 2.59. The van der Waals surface area contributed by atoms with E-state index < -0.39 is 6.10 Å². The third-order valence-electron chi connectivity index (χ3n) is 3.18. The summed E-state index contributed by atoms with van der Waals surface area (Å²) in [4.78, 5) is 12.1. The average Bonchev–Trinajstić information content (AvgIpc) is 3.24. The minimum Gasteiger partial charge on any atom is -0.481 e. The molecule has 7 heteroatoms. The van der Waals surface area contributed by atoms with Crippen LogP contribution in [-0.2, 0) is 11.3 Å². The third kappa shape index (κ3) is 3.95. The number of para-hydroxylation sites is 1. The number of rotatable bonds is 6. The number of nitrogens with zero attached hydrogens (tertiary/aromatic N) is 3. The normalized spacial score (nSPS) is 11.9. The predicted molar refractivity (Wildman–Crippen MR) is 87.6 cm³/mol. The molecule has 0 aliphatic carbocycles. The summed E-state index contributed by atoms with van der Waals surface area (Å²) in [7, 11) is 0. The highest BCUT2D eigenvalue weighted by molar-refractivity contribution is 7.08. The summed E-state index contributed by atoms with van der Waals surface area (Å²) in [5.74, 6) is 0.470. The molecule has 0 aliphatic heterocycles. The van der Waals surface area contributed by atoms with Gasteiger partial charge >= 0.3 is 0 Å². The van der Waals surface area contributed by atoms with Crippen LogP contribution in [0.15, 0.2) is 53.4 Å². The Labute approximate surface area is 137 Å². The van der Waals surface area contributed by atoms with Crippen LogP contribution in [0.25, 0.3) is 5.69 Å². The van der Waals surface area contributed by atoms with Crippen LogP contribution >= 0.6 is 11.3 Å². The second-order valence-electron chi connectivity index (χ2n) is 4.93. The van der Waals surface area contributed by atoms with Gasteiger partial charge in [0.1, 0.15) is 11.4 Å². The summed E-state index contributed by atoms with van der Waals surface area (Å²) in [6.07, 6.45) is 1.22. The van der Waals surface area contributed by atoms with Crippen LogP contribution in [-0.4, -0.2) is 27.0 Å². The minimum absolute atomic E-state index is 0.195. The van der Waals surface area contributed by atoms with Crippen molar-refractivity contribution in [3.63, 3.8) is 0 Å². The van der Waals surface area contributed by atoms with Gasteiger partial charge in [-0.05, 0) is 30.5 Å². The van der Waals surface area contributed by atoms with E-state index in [0.29, 0.717) is 18.0 Å². The molecule has 2 heterocycles. The second kappa shape index (κ2) is 7.06. The van der Waals surface area contributed by atoms with Crippen molar-refractivity contribution < 1.29 is 9.53 Å². The third-order valence-corrected chi connectivity index (χ3v) is 3.85. The highest BCUT2D eigenvalue weighted by atomic mass is 32.1. The maximum atomic E-state index is 12.1. The summed E-state index contributed by atoms with van der Waals surface area (Å²) >= 11 is 1.59.